The third-order valence-corrected chi connectivity index (χ3v) is 2.66. The van der Waals surface area contributed by atoms with Crippen LogP contribution in [-0.2, 0) is 0 Å². The molecule has 1 aromatic carbocycles. The van der Waals surface area contributed by atoms with Crippen molar-refractivity contribution in [1.82, 2.24) is 5.32 Å². The Morgan fingerprint density at radius 1 is 1.47 bits per heavy atom. The van der Waals surface area contributed by atoms with Gasteiger partial charge < -0.3 is 11.1 Å². The molecule has 0 heterocycles. The smallest absolute Gasteiger partial charge is 0.251 e. The standard InChI is InChI=1S/C13H19FN2O/c1-9-4-5-10(8-11(9)14)12(17)16-13(2,3)6-7-15/h4-5,8H,6-7,15H2,1-3H3,(H,16,17). The number of benzene rings is 1. The van der Waals surface area contributed by atoms with Gasteiger partial charge in [-0.05, 0) is 51.4 Å². The number of amides is 1. The molecule has 0 bridgehead atoms. The number of aryl methyl sites for hydroxylation is 1. The molecule has 17 heavy (non-hydrogen) atoms. The van der Waals surface area contributed by atoms with E-state index in [1.807, 2.05) is 13.8 Å². The first kappa shape index (κ1) is 13.6. The molecule has 0 aromatic heterocycles. The SMILES string of the molecule is Cc1ccc(C(=O)NC(C)(C)CCN)cc1F. The number of rotatable bonds is 4. The Morgan fingerprint density at radius 3 is 2.65 bits per heavy atom. The lowest BCUT2D eigenvalue weighted by Crippen LogP contribution is -2.44. The first-order chi connectivity index (χ1) is 7.85. The summed E-state index contributed by atoms with van der Waals surface area (Å²) in [6.45, 7) is 5.94. The lowest BCUT2D eigenvalue weighted by molar-refractivity contribution is 0.0910. The van der Waals surface area contributed by atoms with Crippen LogP contribution in [0, 0.1) is 12.7 Å². The Balaban J connectivity index is 2.80. The summed E-state index contributed by atoms with van der Waals surface area (Å²) in [6.07, 6.45) is 0.674. The normalized spacial score (nSPS) is 11.4. The van der Waals surface area contributed by atoms with Gasteiger partial charge in [0.15, 0.2) is 0 Å². The van der Waals surface area contributed by atoms with Crippen molar-refractivity contribution < 1.29 is 9.18 Å². The average Bonchev–Trinajstić information content (AvgIpc) is 2.21. The van der Waals surface area contributed by atoms with Crippen LogP contribution in [0.15, 0.2) is 18.2 Å². The van der Waals surface area contributed by atoms with Gasteiger partial charge in [-0.1, -0.05) is 6.07 Å². The van der Waals surface area contributed by atoms with Crippen molar-refractivity contribution in [3.8, 4) is 0 Å². The maximum absolute atomic E-state index is 13.3. The molecule has 3 nitrogen and oxygen atoms in total. The molecule has 1 rings (SSSR count). The number of nitrogens with one attached hydrogen (secondary N) is 1. The first-order valence-electron chi connectivity index (χ1n) is 5.64. The molecule has 4 heteroatoms. The maximum atomic E-state index is 13.3. The van der Waals surface area contributed by atoms with Crippen LogP contribution in [0.4, 0.5) is 4.39 Å². The summed E-state index contributed by atoms with van der Waals surface area (Å²) in [7, 11) is 0. The second kappa shape index (κ2) is 5.27. The summed E-state index contributed by atoms with van der Waals surface area (Å²) in [5, 5.41) is 2.83. The van der Waals surface area contributed by atoms with Crippen LogP contribution in [0.25, 0.3) is 0 Å². The highest BCUT2D eigenvalue weighted by Gasteiger charge is 2.20. The molecule has 0 atom stereocenters. The Kier molecular flexibility index (Phi) is 4.23. The van der Waals surface area contributed by atoms with Gasteiger partial charge in [0, 0.05) is 11.1 Å². The average molecular weight is 238 g/mol. The van der Waals surface area contributed by atoms with E-state index < -0.39 is 0 Å². The van der Waals surface area contributed by atoms with Crippen molar-refractivity contribution in [3.63, 3.8) is 0 Å². The number of carbonyl (C=O) groups excluding carboxylic acids is 1. The Morgan fingerprint density at radius 2 is 2.12 bits per heavy atom. The van der Waals surface area contributed by atoms with Gasteiger partial charge in [-0.3, -0.25) is 4.79 Å². The topological polar surface area (TPSA) is 55.1 Å². The number of hydrogen-bond acceptors (Lipinski definition) is 2. The third kappa shape index (κ3) is 3.82. The molecule has 1 aromatic rings. The lowest BCUT2D eigenvalue weighted by Gasteiger charge is -2.25. The predicted octanol–water partition coefficient (Wildman–Crippen LogP) is 1.99. The molecule has 1 amide bonds. The maximum Gasteiger partial charge on any atom is 0.251 e. The molecule has 0 aliphatic heterocycles. The van der Waals surface area contributed by atoms with Crippen molar-refractivity contribution in [1.29, 1.82) is 0 Å². The number of halogens is 1. The van der Waals surface area contributed by atoms with Crippen LogP contribution in [0.1, 0.15) is 36.2 Å². The van der Waals surface area contributed by atoms with Gasteiger partial charge in [-0.25, -0.2) is 4.39 Å². The van der Waals surface area contributed by atoms with E-state index in [0.29, 0.717) is 24.1 Å². The molecule has 0 spiro atoms. The summed E-state index contributed by atoms with van der Waals surface area (Å²) in [5.41, 5.74) is 5.94. The fourth-order valence-electron chi connectivity index (χ4n) is 1.54. The van der Waals surface area contributed by atoms with Crippen molar-refractivity contribution in [2.45, 2.75) is 32.7 Å². The molecular weight excluding hydrogens is 219 g/mol. The molecule has 0 saturated heterocycles. The first-order valence-corrected chi connectivity index (χ1v) is 5.64. The zero-order valence-electron chi connectivity index (χ0n) is 10.5. The van der Waals surface area contributed by atoms with Gasteiger partial charge in [-0.15, -0.1) is 0 Å². The quantitative estimate of drug-likeness (QED) is 0.842. The molecule has 0 radical (unpaired) electrons. The highest BCUT2D eigenvalue weighted by atomic mass is 19.1. The summed E-state index contributed by atoms with van der Waals surface area (Å²) in [4.78, 5) is 11.9. The number of nitrogens with two attached hydrogens (primary N) is 1. The zero-order valence-corrected chi connectivity index (χ0v) is 10.5. The summed E-state index contributed by atoms with van der Waals surface area (Å²) >= 11 is 0. The van der Waals surface area contributed by atoms with Crippen LogP contribution >= 0.6 is 0 Å². The lowest BCUT2D eigenvalue weighted by atomic mass is 10.00. The molecule has 94 valence electrons. The fraction of sp³-hybridized carbons (Fsp3) is 0.462. The van der Waals surface area contributed by atoms with Gasteiger partial charge in [0.25, 0.3) is 5.91 Å². The van der Waals surface area contributed by atoms with E-state index in [4.69, 9.17) is 5.73 Å². The summed E-state index contributed by atoms with van der Waals surface area (Å²) in [6, 6.07) is 4.47. The van der Waals surface area contributed by atoms with Crippen LogP contribution in [0.2, 0.25) is 0 Å². The van der Waals surface area contributed by atoms with Gasteiger partial charge in [0.2, 0.25) is 0 Å². The molecule has 0 aliphatic carbocycles. The molecule has 0 aliphatic rings. The molecule has 0 unspecified atom stereocenters. The molecular formula is C13H19FN2O. The van der Waals surface area contributed by atoms with E-state index in [1.54, 1.807) is 19.1 Å². The van der Waals surface area contributed by atoms with Crippen molar-refractivity contribution >= 4 is 5.91 Å². The van der Waals surface area contributed by atoms with Crippen molar-refractivity contribution in [3.05, 3.63) is 35.1 Å². The highest BCUT2D eigenvalue weighted by molar-refractivity contribution is 5.94. The van der Waals surface area contributed by atoms with E-state index in [1.165, 1.54) is 6.07 Å². The fourth-order valence-corrected chi connectivity index (χ4v) is 1.54. The molecule has 0 fully saturated rings. The van der Waals surface area contributed by atoms with E-state index in [0.717, 1.165) is 0 Å². The summed E-state index contributed by atoms with van der Waals surface area (Å²) in [5.74, 6) is -0.642. The Bertz CT molecular complexity index is 416. The number of carbonyl (C=O) groups is 1. The van der Waals surface area contributed by atoms with E-state index in [2.05, 4.69) is 5.32 Å². The van der Waals surface area contributed by atoms with E-state index in [9.17, 15) is 9.18 Å². The summed E-state index contributed by atoms with van der Waals surface area (Å²) < 4.78 is 13.3. The number of hydrogen-bond donors (Lipinski definition) is 2. The zero-order chi connectivity index (χ0) is 13.1. The molecule has 0 saturated carbocycles. The highest BCUT2D eigenvalue weighted by Crippen LogP contribution is 2.12. The second-order valence-corrected chi connectivity index (χ2v) is 4.84. The predicted molar refractivity (Wildman–Crippen MR) is 66.4 cm³/mol. The van der Waals surface area contributed by atoms with Crippen molar-refractivity contribution in [2.24, 2.45) is 5.73 Å². The monoisotopic (exact) mass is 238 g/mol. The second-order valence-electron chi connectivity index (χ2n) is 4.84. The van der Waals surface area contributed by atoms with Crippen LogP contribution in [-0.4, -0.2) is 18.0 Å². The van der Waals surface area contributed by atoms with E-state index >= 15 is 0 Å². The Labute approximate surface area is 101 Å². The van der Waals surface area contributed by atoms with Gasteiger partial charge in [0.05, 0.1) is 0 Å². The van der Waals surface area contributed by atoms with Crippen LogP contribution < -0.4 is 11.1 Å². The minimum atomic E-state index is -0.382. The van der Waals surface area contributed by atoms with Crippen LogP contribution in [0.5, 0.6) is 0 Å². The van der Waals surface area contributed by atoms with Gasteiger partial charge in [0.1, 0.15) is 5.82 Å². The van der Waals surface area contributed by atoms with Gasteiger partial charge >= 0.3 is 0 Å². The van der Waals surface area contributed by atoms with Gasteiger partial charge in [-0.2, -0.15) is 0 Å². The third-order valence-electron chi connectivity index (χ3n) is 2.66. The van der Waals surface area contributed by atoms with E-state index in [-0.39, 0.29) is 17.3 Å². The van der Waals surface area contributed by atoms with Crippen molar-refractivity contribution in [2.75, 3.05) is 6.54 Å². The minimum Gasteiger partial charge on any atom is -0.347 e. The minimum absolute atomic E-state index is 0.276. The largest absolute Gasteiger partial charge is 0.347 e. The van der Waals surface area contributed by atoms with Crippen LogP contribution in [0.3, 0.4) is 0 Å². The Hall–Kier alpha value is -1.42. The molecule has 3 N–H and O–H groups in total.